The van der Waals surface area contributed by atoms with Crippen LogP contribution in [0.25, 0.3) is 0 Å². The zero-order valence-corrected chi connectivity index (χ0v) is 19.3. The van der Waals surface area contributed by atoms with Crippen molar-refractivity contribution >= 4 is 0 Å². The summed E-state index contributed by atoms with van der Waals surface area (Å²) in [6.45, 7) is 5.85. The van der Waals surface area contributed by atoms with E-state index in [2.05, 4.69) is 61.8 Å². The first-order valence-corrected chi connectivity index (χ1v) is 12.3. The maximum atomic E-state index is 14.2. The van der Waals surface area contributed by atoms with Crippen molar-refractivity contribution in [1.82, 2.24) is 0 Å². The maximum absolute atomic E-state index is 14.2. The predicted molar refractivity (Wildman–Crippen MR) is 133 cm³/mol. The maximum Gasteiger partial charge on any atom is 0.127 e. The zero-order valence-electron chi connectivity index (χ0n) is 19.3. The molecule has 0 spiro atoms. The molecule has 2 aliphatic carbocycles. The lowest BCUT2D eigenvalue weighted by atomic mass is 9.64. The normalized spacial score (nSPS) is 25.1. The molecule has 2 aromatic carbocycles. The quantitative estimate of drug-likeness (QED) is 0.334. The van der Waals surface area contributed by atoms with Gasteiger partial charge in [0, 0.05) is 11.1 Å². The molecule has 0 heterocycles. The van der Waals surface area contributed by atoms with E-state index in [1.54, 1.807) is 6.07 Å². The molecule has 32 heavy (non-hydrogen) atoms. The van der Waals surface area contributed by atoms with Gasteiger partial charge in [0.2, 0.25) is 0 Å². The van der Waals surface area contributed by atoms with Crippen LogP contribution in [-0.2, 0) is 6.42 Å². The number of aryl methyl sites for hydroxylation is 1. The van der Waals surface area contributed by atoms with Crippen LogP contribution in [-0.4, -0.2) is 0 Å². The molecule has 4 unspecified atom stereocenters. The van der Waals surface area contributed by atoms with E-state index in [0.717, 1.165) is 40.9 Å². The van der Waals surface area contributed by atoms with Gasteiger partial charge in [0.15, 0.2) is 0 Å². The monoisotopic (exact) mass is 426 g/mol. The number of halogens is 1. The molecule has 0 aliphatic heterocycles. The summed E-state index contributed by atoms with van der Waals surface area (Å²) < 4.78 is 14.2. The summed E-state index contributed by atoms with van der Waals surface area (Å²) in [6.07, 6.45) is 16.1. The number of hydrogen-bond acceptors (Lipinski definition) is 0. The molecule has 4 rings (SSSR count). The topological polar surface area (TPSA) is 0 Å². The van der Waals surface area contributed by atoms with Crippen molar-refractivity contribution in [1.29, 1.82) is 0 Å². The minimum absolute atomic E-state index is 0.177. The van der Waals surface area contributed by atoms with Crippen LogP contribution in [0, 0.1) is 35.4 Å². The van der Waals surface area contributed by atoms with Crippen LogP contribution in [0.4, 0.5) is 4.39 Å². The van der Waals surface area contributed by atoms with Gasteiger partial charge in [-0.3, -0.25) is 0 Å². The highest BCUT2D eigenvalue weighted by Gasteiger charge is 2.35. The molecule has 2 aromatic rings. The Labute approximate surface area is 193 Å². The van der Waals surface area contributed by atoms with Gasteiger partial charge in [-0.2, -0.15) is 0 Å². The van der Waals surface area contributed by atoms with E-state index in [9.17, 15) is 4.39 Å². The van der Waals surface area contributed by atoms with Gasteiger partial charge in [-0.25, -0.2) is 4.39 Å². The van der Waals surface area contributed by atoms with Gasteiger partial charge in [0.1, 0.15) is 5.82 Å². The Morgan fingerprint density at radius 3 is 2.41 bits per heavy atom. The minimum atomic E-state index is -0.177. The number of allylic oxidation sites excluding steroid dienone is 3. The summed E-state index contributed by atoms with van der Waals surface area (Å²) in [5.41, 5.74) is 3.90. The Balaban J connectivity index is 1.36. The Bertz CT molecular complexity index is 1000. The van der Waals surface area contributed by atoms with Crippen LogP contribution < -0.4 is 0 Å². The van der Waals surface area contributed by atoms with E-state index in [1.807, 2.05) is 18.2 Å². The van der Waals surface area contributed by atoms with Crippen molar-refractivity contribution in [2.75, 3.05) is 0 Å². The highest BCUT2D eigenvalue weighted by molar-refractivity contribution is 5.44. The van der Waals surface area contributed by atoms with Crippen LogP contribution in [0.1, 0.15) is 80.0 Å². The third-order valence-corrected chi connectivity index (χ3v) is 7.52. The smallest absolute Gasteiger partial charge is 0.127 e. The average Bonchev–Trinajstić information content (AvgIpc) is 2.82. The van der Waals surface area contributed by atoms with E-state index >= 15 is 0 Å². The molecule has 0 nitrogen and oxygen atoms in total. The number of fused-ring (bicyclic) bond motifs is 1. The van der Waals surface area contributed by atoms with Gasteiger partial charge in [0.05, 0.1) is 0 Å². The van der Waals surface area contributed by atoms with Crippen LogP contribution >= 0.6 is 0 Å². The highest BCUT2D eigenvalue weighted by atomic mass is 19.1. The first-order chi connectivity index (χ1) is 15.7. The lowest BCUT2D eigenvalue weighted by Gasteiger charge is -2.41. The zero-order chi connectivity index (χ0) is 22.3. The van der Waals surface area contributed by atoms with Gasteiger partial charge in [-0.05, 0) is 117 Å². The Morgan fingerprint density at radius 2 is 1.66 bits per heavy atom. The van der Waals surface area contributed by atoms with E-state index in [4.69, 9.17) is 0 Å². The number of benzene rings is 2. The van der Waals surface area contributed by atoms with Crippen molar-refractivity contribution in [3.63, 3.8) is 0 Å². The molecule has 0 radical (unpaired) electrons. The third kappa shape index (κ3) is 5.60. The lowest BCUT2D eigenvalue weighted by molar-refractivity contribution is 0.133. The van der Waals surface area contributed by atoms with Gasteiger partial charge < -0.3 is 0 Å². The summed E-state index contributed by atoms with van der Waals surface area (Å²) in [4.78, 5) is 0. The summed E-state index contributed by atoms with van der Waals surface area (Å²) in [7, 11) is 0. The first-order valence-electron chi connectivity index (χ1n) is 12.3. The average molecular weight is 427 g/mol. The second-order valence-corrected chi connectivity index (χ2v) is 9.63. The van der Waals surface area contributed by atoms with Crippen molar-refractivity contribution in [3.05, 3.63) is 95.3 Å². The molecule has 2 aliphatic rings. The lowest BCUT2D eigenvalue weighted by Crippen LogP contribution is -2.30. The first kappa shape index (κ1) is 22.6. The van der Waals surface area contributed by atoms with Gasteiger partial charge in [-0.15, -0.1) is 6.58 Å². The van der Waals surface area contributed by atoms with Crippen molar-refractivity contribution in [3.8, 4) is 11.8 Å². The Hall–Kier alpha value is -2.59. The van der Waals surface area contributed by atoms with E-state index in [1.165, 1.54) is 44.1 Å². The number of rotatable bonds is 5. The van der Waals surface area contributed by atoms with E-state index in [-0.39, 0.29) is 5.82 Å². The van der Waals surface area contributed by atoms with Crippen LogP contribution in [0.2, 0.25) is 0 Å². The fraction of sp³-hybridized carbons (Fsp3) is 0.419. The molecule has 0 N–H and O–H groups in total. The molecule has 0 amide bonds. The van der Waals surface area contributed by atoms with Gasteiger partial charge in [0.25, 0.3) is 0 Å². The SMILES string of the molecule is C=CCCc1ccc(C#Cc2ccc(C3CCC4CC(/C=C/C)CCC4C3)cc2)cc1F. The Kier molecular flexibility index (Phi) is 7.64. The molecule has 2 saturated carbocycles. The molecule has 0 aromatic heterocycles. The Morgan fingerprint density at radius 1 is 0.938 bits per heavy atom. The highest BCUT2D eigenvalue weighted by Crippen LogP contribution is 2.47. The fourth-order valence-electron chi connectivity index (χ4n) is 5.74. The van der Waals surface area contributed by atoms with Crippen LogP contribution in [0.5, 0.6) is 0 Å². The molecular weight excluding hydrogens is 391 g/mol. The summed E-state index contributed by atoms with van der Waals surface area (Å²) in [5.74, 6) is 9.48. The largest absolute Gasteiger partial charge is 0.207 e. The van der Waals surface area contributed by atoms with E-state index in [0.29, 0.717) is 12.3 Å². The van der Waals surface area contributed by atoms with E-state index < -0.39 is 0 Å². The van der Waals surface area contributed by atoms with Crippen LogP contribution in [0.3, 0.4) is 0 Å². The van der Waals surface area contributed by atoms with Gasteiger partial charge >= 0.3 is 0 Å². The summed E-state index contributed by atoms with van der Waals surface area (Å²) in [6, 6.07) is 14.1. The summed E-state index contributed by atoms with van der Waals surface area (Å²) in [5, 5.41) is 0. The standard InChI is InChI=1S/C31H35F/c1-3-5-7-27-16-12-25(21-31(27)32)9-8-23-10-14-26(15-11-23)29-19-18-28-20-24(6-4-2)13-17-30(28)22-29/h3-4,6,10-12,14-16,21,24,28-30H,1,5,7,13,17-20,22H2,2H3/b6-4+. The van der Waals surface area contributed by atoms with Crippen LogP contribution in [0.15, 0.2) is 67.3 Å². The third-order valence-electron chi connectivity index (χ3n) is 7.52. The molecular formula is C31H35F. The predicted octanol–water partition coefficient (Wildman–Crippen LogP) is 8.22. The molecule has 2 fully saturated rings. The van der Waals surface area contributed by atoms with Crippen molar-refractivity contribution in [2.45, 2.75) is 64.2 Å². The fourth-order valence-corrected chi connectivity index (χ4v) is 5.74. The van der Waals surface area contributed by atoms with Crippen molar-refractivity contribution in [2.24, 2.45) is 17.8 Å². The van der Waals surface area contributed by atoms with Crippen molar-refractivity contribution < 1.29 is 4.39 Å². The summed E-state index contributed by atoms with van der Waals surface area (Å²) >= 11 is 0. The molecule has 1 heteroatoms. The molecule has 0 bridgehead atoms. The van der Waals surface area contributed by atoms with Gasteiger partial charge in [-0.1, -0.05) is 48.3 Å². The second kappa shape index (κ2) is 10.8. The second-order valence-electron chi connectivity index (χ2n) is 9.63. The molecule has 0 saturated heterocycles. The molecule has 166 valence electrons. The molecule has 4 atom stereocenters. The number of hydrogen-bond donors (Lipinski definition) is 0. The minimum Gasteiger partial charge on any atom is -0.207 e.